The van der Waals surface area contributed by atoms with E-state index in [0.717, 1.165) is 13.1 Å². The lowest BCUT2D eigenvalue weighted by Gasteiger charge is -2.37. The second-order valence-electron chi connectivity index (χ2n) is 5.96. The van der Waals surface area contributed by atoms with Gasteiger partial charge in [-0.2, -0.15) is 0 Å². The van der Waals surface area contributed by atoms with Gasteiger partial charge in [-0.25, -0.2) is 4.98 Å². The van der Waals surface area contributed by atoms with E-state index in [4.69, 9.17) is 5.84 Å². The number of β-amino-alcohol motifs (C(OH)–C–C–N with tert-alkyl or cyclic N) is 1. The van der Waals surface area contributed by atoms with Crippen LogP contribution >= 0.6 is 0 Å². The summed E-state index contributed by atoms with van der Waals surface area (Å²) in [5.74, 6) is 5.21. The Morgan fingerprint density at radius 3 is 2.52 bits per heavy atom. The van der Waals surface area contributed by atoms with Crippen LogP contribution in [0, 0.1) is 0 Å². The zero-order valence-corrected chi connectivity index (χ0v) is 12.5. The van der Waals surface area contributed by atoms with E-state index in [1.807, 2.05) is 0 Å². The van der Waals surface area contributed by atoms with Gasteiger partial charge in [-0.3, -0.25) is 15.5 Å². The number of carbonyl (C=O) groups excluding carboxylic acids is 1. The Morgan fingerprint density at radius 1 is 1.38 bits per heavy atom. The molecule has 0 aliphatic carbocycles. The fourth-order valence-electron chi connectivity index (χ4n) is 2.42. The topological polar surface area (TPSA) is 94.7 Å². The number of hydrogen-bond acceptors (Lipinski definition) is 6. The second-order valence-corrected chi connectivity index (χ2v) is 5.96. The normalized spacial score (nSPS) is 16.9. The molecule has 0 atom stereocenters. The predicted molar refractivity (Wildman–Crippen MR) is 80.7 cm³/mol. The molecule has 116 valence electrons. The molecule has 2 heterocycles. The van der Waals surface area contributed by atoms with E-state index in [9.17, 15) is 9.90 Å². The highest BCUT2D eigenvalue weighted by molar-refractivity contribution is 5.92. The molecule has 7 heteroatoms. The molecule has 1 aliphatic heterocycles. The highest BCUT2D eigenvalue weighted by atomic mass is 16.3. The fraction of sp³-hybridized carbons (Fsp3) is 0.571. The van der Waals surface area contributed by atoms with Crippen LogP contribution in [0.3, 0.4) is 0 Å². The Kier molecular flexibility index (Phi) is 4.76. The lowest BCUT2D eigenvalue weighted by atomic mass is 10.1. The summed E-state index contributed by atoms with van der Waals surface area (Å²) in [6.45, 7) is 7.02. The van der Waals surface area contributed by atoms with Crippen molar-refractivity contribution in [2.24, 2.45) is 5.84 Å². The number of piperazine rings is 1. The van der Waals surface area contributed by atoms with Crippen molar-refractivity contribution in [3.8, 4) is 0 Å². The third-order valence-electron chi connectivity index (χ3n) is 3.42. The molecule has 0 saturated carbocycles. The number of carbonyl (C=O) groups is 1. The smallest absolute Gasteiger partial charge is 0.272 e. The van der Waals surface area contributed by atoms with Crippen LogP contribution in [0.15, 0.2) is 18.3 Å². The van der Waals surface area contributed by atoms with Crippen LogP contribution in [0.5, 0.6) is 0 Å². The molecule has 2 rings (SSSR count). The van der Waals surface area contributed by atoms with Crippen molar-refractivity contribution < 1.29 is 9.90 Å². The van der Waals surface area contributed by atoms with Crippen molar-refractivity contribution in [2.75, 3.05) is 38.1 Å². The SMILES string of the molecule is CC(C)(O)CN1CCN(C(=O)c2ccc(NN)cn2)CC1. The van der Waals surface area contributed by atoms with E-state index in [0.29, 0.717) is 31.0 Å². The number of nitrogens with two attached hydrogens (primary N) is 1. The molecule has 1 saturated heterocycles. The minimum atomic E-state index is -0.710. The molecular formula is C14H23N5O2. The summed E-state index contributed by atoms with van der Waals surface area (Å²) >= 11 is 0. The Morgan fingerprint density at radius 2 is 2.05 bits per heavy atom. The second kappa shape index (κ2) is 6.38. The molecule has 1 amide bonds. The van der Waals surface area contributed by atoms with Gasteiger partial charge in [0.05, 0.1) is 17.5 Å². The standard InChI is InChI=1S/C14H23N5O2/c1-14(2,21)10-18-5-7-19(8-6-18)13(20)12-4-3-11(17-15)9-16-12/h3-4,9,17,21H,5-8,10,15H2,1-2H3. The third-order valence-corrected chi connectivity index (χ3v) is 3.42. The van der Waals surface area contributed by atoms with E-state index >= 15 is 0 Å². The fourth-order valence-corrected chi connectivity index (χ4v) is 2.42. The molecule has 4 N–H and O–H groups in total. The molecule has 1 fully saturated rings. The van der Waals surface area contributed by atoms with Gasteiger partial charge >= 0.3 is 0 Å². The molecule has 1 aliphatic rings. The van der Waals surface area contributed by atoms with Gasteiger partial charge in [0, 0.05) is 32.7 Å². The van der Waals surface area contributed by atoms with E-state index in [1.54, 1.807) is 30.9 Å². The summed E-state index contributed by atoms with van der Waals surface area (Å²) in [6, 6.07) is 3.39. The van der Waals surface area contributed by atoms with Gasteiger partial charge < -0.3 is 15.4 Å². The molecule has 0 aromatic carbocycles. The molecule has 0 radical (unpaired) electrons. The lowest BCUT2D eigenvalue weighted by molar-refractivity contribution is 0.0177. The van der Waals surface area contributed by atoms with E-state index in [2.05, 4.69) is 15.3 Å². The number of hydrogen-bond donors (Lipinski definition) is 3. The molecule has 0 spiro atoms. The molecule has 21 heavy (non-hydrogen) atoms. The summed E-state index contributed by atoms with van der Waals surface area (Å²) < 4.78 is 0. The average Bonchev–Trinajstić information content (AvgIpc) is 2.46. The Labute approximate surface area is 124 Å². The number of amides is 1. The van der Waals surface area contributed by atoms with Gasteiger partial charge in [-0.05, 0) is 26.0 Å². The minimum absolute atomic E-state index is 0.0681. The monoisotopic (exact) mass is 293 g/mol. The molecule has 1 aromatic heterocycles. The predicted octanol–water partition coefficient (Wildman–Crippen LogP) is -0.104. The number of hydrazine groups is 1. The first-order chi connectivity index (χ1) is 9.89. The lowest BCUT2D eigenvalue weighted by Crippen LogP contribution is -2.52. The summed E-state index contributed by atoms with van der Waals surface area (Å²) in [6.07, 6.45) is 1.54. The first-order valence-electron chi connectivity index (χ1n) is 7.06. The van der Waals surface area contributed by atoms with Gasteiger partial charge in [-0.1, -0.05) is 0 Å². The maximum atomic E-state index is 12.3. The molecular weight excluding hydrogens is 270 g/mol. The average molecular weight is 293 g/mol. The highest BCUT2D eigenvalue weighted by Gasteiger charge is 2.25. The Bertz CT molecular complexity index is 475. The summed E-state index contributed by atoms with van der Waals surface area (Å²) in [5, 5.41) is 9.82. The van der Waals surface area contributed by atoms with Gasteiger partial charge in [0.15, 0.2) is 0 Å². The number of aromatic nitrogens is 1. The van der Waals surface area contributed by atoms with Crippen LogP contribution in [-0.4, -0.2) is 64.1 Å². The quantitative estimate of drug-likeness (QED) is 0.530. The molecule has 7 nitrogen and oxygen atoms in total. The number of nitrogens with zero attached hydrogens (tertiary/aromatic N) is 3. The zero-order chi connectivity index (χ0) is 15.5. The number of nitrogens with one attached hydrogen (secondary N) is 1. The first kappa shape index (κ1) is 15.7. The Balaban J connectivity index is 1.90. The number of nitrogen functional groups attached to an aromatic ring is 1. The molecule has 0 unspecified atom stereocenters. The highest BCUT2D eigenvalue weighted by Crippen LogP contribution is 2.12. The summed E-state index contributed by atoms with van der Waals surface area (Å²) in [4.78, 5) is 20.4. The summed E-state index contributed by atoms with van der Waals surface area (Å²) in [7, 11) is 0. The number of aliphatic hydroxyl groups is 1. The van der Waals surface area contributed by atoms with E-state index < -0.39 is 5.60 Å². The maximum Gasteiger partial charge on any atom is 0.272 e. The number of pyridine rings is 1. The third kappa shape index (κ3) is 4.38. The van der Waals surface area contributed by atoms with Crippen molar-refractivity contribution in [1.29, 1.82) is 0 Å². The van der Waals surface area contributed by atoms with Gasteiger partial charge in [-0.15, -0.1) is 0 Å². The van der Waals surface area contributed by atoms with Gasteiger partial charge in [0.1, 0.15) is 5.69 Å². The maximum absolute atomic E-state index is 12.3. The molecule has 0 bridgehead atoms. The van der Waals surface area contributed by atoms with Crippen molar-refractivity contribution in [2.45, 2.75) is 19.4 Å². The summed E-state index contributed by atoms with van der Waals surface area (Å²) in [5.41, 5.74) is 2.86. The Hall–Kier alpha value is -1.70. The number of anilines is 1. The van der Waals surface area contributed by atoms with Crippen molar-refractivity contribution in [3.05, 3.63) is 24.0 Å². The van der Waals surface area contributed by atoms with Crippen molar-refractivity contribution in [1.82, 2.24) is 14.8 Å². The van der Waals surface area contributed by atoms with Crippen LogP contribution in [-0.2, 0) is 0 Å². The first-order valence-corrected chi connectivity index (χ1v) is 7.06. The van der Waals surface area contributed by atoms with Crippen molar-refractivity contribution in [3.63, 3.8) is 0 Å². The number of rotatable bonds is 4. The largest absolute Gasteiger partial charge is 0.389 e. The zero-order valence-electron chi connectivity index (χ0n) is 12.5. The van der Waals surface area contributed by atoms with Crippen molar-refractivity contribution >= 4 is 11.6 Å². The van der Waals surface area contributed by atoms with Crippen LogP contribution in [0.25, 0.3) is 0 Å². The molecule has 1 aromatic rings. The van der Waals surface area contributed by atoms with Gasteiger partial charge in [0.2, 0.25) is 0 Å². The van der Waals surface area contributed by atoms with Crippen LogP contribution in [0.4, 0.5) is 5.69 Å². The van der Waals surface area contributed by atoms with Gasteiger partial charge in [0.25, 0.3) is 5.91 Å². The van der Waals surface area contributed by atoms with E-state index in [-0.39, 0.29) is 5.91 Å². The van der Waals surface area contributed by atoms with E-state index in [1.165, 1.54) is 6.20 Å². The van der Waals surface area contributed by atoms with Crippen LogP contribution in [0.1, 0.15) is 24.3 Å². The van der Waals surface area contributed by atoms with Crippen LogP contribution in [0.2, 0.25) is 0 Å². The van der Waals surface area contributed by atoms with Crippen LogP contribution < -0.4 is 11.3 Å². The minimum Gasteiger partial charge on any atom is -0.389 e.